The number of rotatable bonds is 4. The molecular formula is C15H24N4O2. The summed E-state index contributed by atoms with van der Waals surface area (Å²) >= 11 is 0. The molecule has 116 valence electrons. The van der Waals surface area contributed by atoms with Crippen molar-refractivity contribution in [2.75, 3.05) is 64.1 Å². The highest BCUT2D eigenvalue weighted by molar-refractivity contribution is 5.96. The summed E-state index contributed by atoms with van der Waals surface area (Å²) in [6.07, 6.45) is 0. The smallest absolute Gasteiger partial charge is 0.253 e. The molecule has 0 radical (unpaired) electrons. The Bertz CT molecular complexity index is 496. The summed E-state index contributed by atoms with van der Waals surface area (Å²) in [5, 5.41) is 8.98. The van der Waals surface area contributed by atoms with E-state index in [0.29, 0.717) is 17.8 Å². The van der Waals surface area contributed by atoms with Gasteiger partial charge in [-0.3, -0.25) is 9.69 Å². The molecule has 0 aromatic heterocycles. The van der Waals surface area contributed by atoms with Crippen LogP contribution in [0.5, 0.6) is 0 Å². The van der Waals surface area contributed by atoms with E-state index in [-0.39, 0.29) is 12.5 Å². The van der Waals surface area contributed by atoms with Crippen molar-refractivity contribution in [1.29, 1.82) is 0 Å². The summed E-state index contributed by atoms with van der Waals surface area (Å²) < 4.78 is 0. The van der Waals surface area contributed by atoms with Gasteiger partial charge in [-0.25, -0.2) is 0 Å². The molecule has 1 heterocycles. The average molecular weight is 292 g/mol. The lowest BCUT2D eigenvalue weighted by atomic mass is 10.1. The molecule has 1 aliphatic rings. The normalized spacial score (nSPS) is 16.0. The Balaban J connectivity index is 2.13. The summed E-state index contributed by atoms with van der Waals surface area (Å²) in [4.78, 5) is 18.1. The van der Waals surface area contributed by atoms with Gasteiger partial charge in [0.25, 0.3) is 5.91 Å². The predicted molar refractivity (Wildman–Crippen MR) is 84.6 cm³/mol. The monoisotopic (exact) mass is 292 g/mol. The lowest BCUT2D eigenvalue weighted by molar-refractivity contribution is 0.0827. The Labute approximate surface area is 125 Å². The number of carbonyl (C=O) groups excluding carboxylic acids is 1. The van der Waals surface area contributed by atoms with Crippen LogP contribution in [0.25, 0.3) is 0 Å². The summed E-state index contributed by atoms with van der Waals surface area (Å²) in [6.45, 7) is 4.39. The fraction of sp³-hybridized carbons (Fsp3) is 0.533. The van der Waals surface area contributed by atoms with Crippen LogP contribution >= 0.6 is 0 Å². The third-order valence-electron chi connectivity index (χ3n) is 3.81. The third-order valence-corrected chi connectivity index (χ3v) is 3.81. The molecule has 1 fully saturated rings. The number of hydrogen-bond donors (Lipinski definition) is 2. The van der Waals surface area contributed by atoms with Crippen molar-refractivity contribution in [2.45, 2.75) is 0 Å². The van der Waals surface area contributed by atoms with E-state index in [9.17, 15) is 4.79 Å². The molecule has 0 aliphatic carbocycles. The number of nitrogen functional groups attached to an aromatic ring is 1. The number of amides is 1. The summed E-state index contributed by atoms with van der Waals surface area (Å²) in [5.41, 5.74) is 8.34. The first-order valence-corrected chi connectivity index (χ1v) is 7.22. The second-order valence-electron chi connectivity index (χ2n) is 5.53. The molecule has 0 bridgehead atoms. The van der Waals surface area contributed by atoms with Gasteiger partial charge >= 0.3 is 0 Å². The molecule has 0 saturated carbocycles. The number of carbonyl (C=O) groups is 1. The number of hydrogen-bond acceptors (Lipinski definition) is 5. The predicted octanol–water partition coefficient (Wildman–Crippen LogP) is 0.0849. The van der Waals surface area contributed by atoms with Crippen molar-refractivity contribution in [3.63, 3.8) is 0 Å². The van der Waals surface area contributed by atoms with E-state index in [1.165, 1.54) is 0 Å². The van der Waals surface area contributed by atoms with E-state index in [1.807, 2.05) is 6.07 Å². The van der Waals surface area contributed by atoms with E-state index < -0.39 is 0 Å². The maximum absolute atomic E-state index is 12.1. The van der Waals surface area contributed by atoms with Gasteiger partial charge in [-0.2, -0.15) is 0 Å². The molecule has 3 N–H and O–H groups in total. The van der Waals surface area contributed by atoms with E-state index in [4.69, 9.17) is 10.8 Å². The van der Waals surface area contributed by atoms with Crippen LogP contribution in [0.15, 0.2) is 18.2 Å². The second-order valence-corrected chi connectivity index (χ2v) is 5.53. The fourth-order valence-electron chi connectivity index (χ4n) is 2.56. The van der Waals surface area contributed by atoms with Crippen LogP contribution in [0.4, 0.5) is 11.4 Å². The second kappa shape index (κ2) is 6.78. The van der Waals surface area contributed by atoms with Crippen molar-refractivity contribution in [1.82, 2.24) is 9.80 Å². The first kappa shape index (κ1) is 15.6. The van der Waals surface area contributed by atoms with Crippen molar-refractivity contribution < 1.29 is 9.90 Å². The highest BCUT2D eigenvalue weighted by Gasteiger charge is 2.19. The maximum Gasteiger partial charge on any atom is 0.253 e. The van der Waals surface area contributed by atoms with Crippen LogP contribution in [0.1, 0.15) is 10.4 Å². The summed E-state index contributed by atoms with van der Waals surface area (Å²) in [6, 6.07) is 5.44. The first-order chi connectivity index (χ1) is 10.0. The minimum atomic E-state index is -0.0184. The maximum atomic E-state index is 12.1. The van der Waals surface area contributed by atoms with E-state index >= 15 is 0 Å². The van der Waals surface area contributed by atoms with Gasteiger partial charge in [0.15, 0.2) is 0 Å². The third kappa shape index (κ3) is 3.65. The molecule has 1 aliphatic heterocycles. The van der Waals surface area contributed by atoms with Crippen LogP contribution in [-0.4, -0.2) is 74.2 Å². The molecule has 1 aromatic carbocycles. The highest BCUT2D eigenvalue weighted by Crippen LogP contribution is 2.26. The molecule has 1 aromatic rings. The number of β-amino-alcohol motifs (C(OH)–C–C–N with tert-alkyl or cyclic N) is 1. The molecule has 0 unspecified atom stereocenters. The van der Waals surface area contributed by atoms with Crippen LogP contribution in [0.3, 0.4) is 0 Å². The zero-order valence-electron chi connectivity index (χ0n) is 12.7. The zero-order chi connectivity index (χ0) is 15.4. The molecule has 2 rings (SSSR count). The van der Waals surface area contributed by atoms with Crippen LogP contribution in [0.2, 0.25) is 0 Å². The number of nitrogens with two attached hydrogens (primary N) is 1. The molecule has 0 spiro atoms. The fourth-order valence-corrected chi connectivity index (χ4v) is 2.56. The van der Waals surface area contributed by atoms with Crippen LogP contribution < -0.4 is 10.6 Å². The standard InChI is InChI=1S/C15H24N4O2/c1-17(2)15(21)12-3-4-13(16)14(11-12)19-7-5-18(6-8-19)9-10-20/h3-4,11,20H,5-10,16H2,1-2H3. The van der Waals surface area contributed by atoms with Gasteiger partial charge in [-0.1, -0.05) is 0 Å². The van der Waals surface area contributed by atoms with Crippen LogP contribution in [0, 0.1) is 0 Å². The molecule has 6 nitrogen and oxygen atoms in total. The first-order valence-electron chi connectivity index (χ1n) is 7.22. The number of piperazine rings is 1. The molecule has 0 atom stereocenters. The van der Waals surface area contributed by atoms with Gasteiger partial charge in [-0.05, 0) is 18.2 Å². The minimum Gasteiger partial charge on any atom is -0.397 e. The average Bonchev–Trinajstić information content (AvgIpc) is 2.48. The number of aliphatic hydroxyl groups excluding tert-OH is 1. The minimum absolute atomic E-state index is 0.0184. The molecule has 1 saturated heterocycles. The number of anilines is 2. The van der Waals surface area contributed by atoms with Gasteiger partial charge in [0.1, 0.15) is 0 Å². The van der Waals surface area contributed by atoms with E-state index in [2.05, 4.69) is 9.80 Å². The summed E-state index contributed by atoms with van der Waals surface area (Å²) in [7, 11) is 3.48. The highest BCUT2D eigenvalue weighted by atomic mass is 16.3. The Hall–Kier alpha value is -1.79. The quantitative estimate of drug-likeness (QED) is 0.769. The van der Waals surface area contributed by atoms with Crippen molar-refractivity contribution in [3.05, 3.63) is 23.8 Å². The Morgan fingerprint density at radius 1 is 1.29 bits per heavy atom. The number of benzene rings is 1. The Morgan fingerprint density at radius 3 is 2.52 bits per heavy atom. The molecule has 1 amide bonds. The zero-order valence-corrected chi connectivity index (χ0v) is 12.7. The van der Waals surface area contributed by atoms with Gasteiger partial charge in [0.2, 0.25) is 0 Å². The van der Waals surface area contributed by atoms with Gasteiger partial charge in [-0.15, -0.1) is 0 Å². The number of aliphatic hydroxyl groups is 1. The van der Waals surface area contributed by atoms with Crippen molar-refractivity contribution in [2.24, 2.45) is 0 Å². The van der Waals surface area contributed by atoms with Crippen molar-refractivity contribution >= 4 is 17.3 Å². The Kier molecular flexibility index (Phi) is 5.03. The van der Waals surface area contributed by atoms with Gasteiger partial charge < -0.3 is 20.6 Å². The van der Waals surface area contributed by atoms with Crippen LogP contribution in [-0.2, 0) is 0 Å². The SMILES string of the molecule is CN(C)C(=O)c1ccc(N)c(N2CCN(CCO)CC2)c1. The Morgan fingerprint density at radius 2 is 1.95 bits per heavy atom. The lowest BCUT2D eigenvalue weighted by Gasteiger charge is -2.36. The molecule has 6 heteroatoms. The number of nitrogens with zero attached hydrogens (tertiary/aromatic N) is 3. The lowest BCUT2D eigenvalue weighted by Crippen LogP contribution is -2.47. The van der Waals surface area contributed by atoms with Gasteiger partial charge in [0, 0.05) is 52.4 Å². The largest absolute Gasteiger partial charge is 0.397 e. The van der Waals surface area contributed by atoms with Gasteiger partial charge in [0.05, 0.1) is 18.0 Å². The topological polar surface area (TPSA) is 73.0 Å². The van der Waals surface area contributed by atoms with Crippen molar-refractivity contribution in [3.8, 4) is 0 Å². The summed E-state index contributed by atoms with van der Waals surface area (Å²) in [5.74, 6) is -0.0184. The molecule has 21 heavy (non-hydrogen) atoms. The molecular weight excluding hydrogens is 268 g/mol. The van der Waals surface area contributed by atoms with E-state index in [0.717, 1.165) is 31.9 Å². The van der Waals surface area contributed by atoms with E-state index in [1.54, 1.807) is 31.1 Å².